The number of cyclic esters (lactones) is 1. The fraction of sp³-hybridized carbons (Fsp3) is 0.600. The first-order valence-corrected chi connectivity index (χ1v) is 8.98. The van der Waals surface area contributed by atoms with Crippen LogP contribution in [0, 0.1) is 22.7 Å². The van der Waals surface area contributed by atoms with Crippen molar-refractivity contribution < 1.29 is 23.8 Å². The lowest BCUT2D eigenvalue weighted by Gasteiger charge is -2.56. The number of hydrogen-bond acceptors (Lipinski definition) is 5. The van der Waals surface area contributed by atoms with Gasteiger partial charge >= 0.3 is 5.97 Å². The van der Waals surface area contributed by atoms with Crippen LogP contribution in [0.5, 0.6) is 0 Å². The fourth-order valence-electron chi connectivity index (χ4n) is 5.35. The number of esters is 1. The van der Waals surface area contributed by atoms with E-state index in [-0.39, 0.29) is 35.6 Å². The van der Waals surface area contributed by atoms with E-state index in [0.29, 0.717) is 18.4 Å². The van der Waals surface area contributed by atoms with Crippen molar-refractivity contribution in [2.24, 2.45) is 22.7 Å². The second-order valence-corrected chi connectivity index (χ2v) is 8.17. The summed E-state index contributed by atoms with van der Waals surface area (Å²) in [5.74, 6) is -0.256. The molecule has 1 saturated carbocycles. The van der Waals surface area contributed by atoms with Crippen molar-refractivity contribution in [1.29, 1.82) is 0 Å². The van der Waals surface area contributed by atoms with Crippen molar-refractivity contribution in [2.45, 2.75) is 45.6 Å². The predicted molar refractivity (Wildman–Crippen MR) is 89.5 cm³/mol. The molecular formula is C20H24O5. The van der Waals surface area contributed by atoms with Crippen LogP contribution in [0.2, 0.25) is 0 Å². The summed E-state index contributed by atoms with van der Waals surface area (Å²) < 4.78 is 10.5. The number of ether oxygens (including phenoxy) is 1. The van der Waals surface area contributed by atoms with Crippen LogP contribution in [0.25, 0.3) is 0 Å². The summed E-state index contributed by atoms with van der Waals surface area (Å²) in [7, 11) is 0. The fourth-order valence-corrected chi connectivity index (χ4v) is 5.35. The van der Waals surface area contributed by atoms with Gasteiger partial charge in [0.25, 0.3) is 0 Å². The van der Waals surface area contributed by atoms with E-state index in [0.717, 1.165) is 18.4 Å². The van der Waals surface area contributed by atoms with Gasteiger partial charge in [-0.25, -0.2) is 4.79 Å². The largest absolute Gasteiger partial charge is 0.472 e. The lowest BCUT2D eigenvalue weighted by Crippen LogP contribution is -2.56. The highest BCUT2D eigenvalue weighted by Gasteiger charge is 2.64. The minimum atomic E-state index is -0.660. The quantitative estimate of drug-likeness (QED) is 0.853. The summed E-state index contributed by atoms with van der Waals surface area (Å²) in [4.78, 5) is 25.1. The number of Topliss-reactive ketones (excluding diaryl/α,β-unsaturated/α-hetero) is 1. The van der Waals surface area contributed by atoms with E-state index in [4.69, 9.17) is 9.15 Å². The summed E-state index contributed by atoms with van der Waals surface area (Å²) in [6.07, 6.45) is 6.87. The van der Waals surface area contributed by atoms with Gasteiger partial charge in [0.15, 0.2) is 0 Å². The number of aliphatic hydroxyl groups excluding tert-OH is 1. The first kappa shape index (κ1) is 16.6. The first-order chi connectivity index (χ1) is 11.9. The molecule has 1 aliphatic heterocycles. The van der Waals surface area contributed by atoms with E-state index in [2.05, 4.69) is 6.92 Å². The van der Waals surface area contributed by atoms with Crippen molar-refractivity contribution >= 4 is 11.8 Å². The molecule has 5 unspecified atom stereocenters. The lowest BCUT2D eigenvalue weighted by molar-refractivity contribution is -0.147. The minimum absolute atomic E-state index is 0.0426. The van der Waals surface area contributed by atoms with E-state index >= 15 is 0 Å². The summed E-state index contributed by atoms with van der Waals surface area (Å²) in [6, 6.07) is 1.94. The minimum Gasteiger partial charge on any atom is -0.472 e. The second kappa shape index (κ2) is 5.56. The van der Waals surface area contributed by atoms with Crippen molar-refractivity contribution in [3.63, 3.8) is 0 Å². The summed E-state index contributed by atoms with van der Waals surface area (Å²) in [5, 5.41) is 10.4. The average molecular weight is 344 g/mol. The zero-order chi connectivity index (χ0) is 17.8. The average Bonchev–Trinajstić information content (AvgIpc) is 3.20. The number of ketones is 1. The number of aryl methyl sites for hydroxylation is 1. The maximum absolute atomic E-state index is 12.9. The Hall–Kier alpha value is -1.88. The van der Waals surface area contributed by atoms with Crippen molar-refractivity contribution in [3.05, 3.63) is 35.8 Å². The molecule has 1 spiro atoms. The lowest BCUT2D eigenvalue weighted by atomic mass is 9.46. The van der Waals surface area contributed by atoms with Crippen LogP contribution in [0.15, 0.2) is 34.7 Å². The van der Waals surface area contributed by atoms with Gasteiger partial charge in [0.05, 0.1) is 18.6 Å². The van der Waals surface area contributed by atoms with Crippen LogP contribution in [-0.4, -0.2) is 29.6 Å². The Kier molecular flexibility index (Phi) is 3.69. The van der Waals surface area contributed by atoms with Gasteiger partial charge in [0.1, 0.15) is 12.4 Å². The van der Waals surface area contributed by atoms with Crippen molar-refractivity contribution in [1.82, 2.24) is 0 Å². The van der Waals surface area contributed by atoms with Gasteiger partial charge < -0.3 is 14.3 Å². The third-order valence-corrected chi connectivity index (χ3v) is 7.01. The topological polar surface area (TPSA) is 76.7 Å². The number of carbonyl (C=O) groups excluding carboxylic acids is 2. The SMILES string of the molecule is CC1C(=O)CC23COC(=O)C2=CC(O)CC3C1(C)CCc1ccoc1. The third-order valence-electron chi connectivity index (χ3n) is 7.01. The van der Waals surface area contributed by atoms with E-state index < -0.39 is 11.5 Å². The molecule has 4 rings (SSSR count). The van der Waals surface area contributed by atoms with Gasteiger partial charge in [-0.05, 0) is 48.3 Å². The highest BCUT2D eigenvalue weighted by Crippen LogP contribution is 2.62. The smallest absolute Gasteiger partial charge is 0.334 e. The van der Waals surface area contributed by atoms with E-state index in [9.17, 15) is 14.7 Å². The molecule has 5 nitrogen and oxygen atoms in total. The summed E-state index contributed by atoms with van der Waals surface area (Å²) >= 11 is 0. The van der Waals surface area contributed by atoms with E-state index in [1.807, 2.05) is 13.0 Å². The molecule has 0 amide bonds. The summed E-state index contributed by atoms with van der Waals surface area (Å²) in [6.45, 7) is 4.39. The Morgan fingerprint density at radius 1 is 1.36 bits per heavy atom. The molecule has 5 atom stereocenters. The number of hydrogen-bond donors (Lipinski definition) is 1. The third kappa shape index (κ3) is 2.32. The molecule has 1 N–H and O–H groups in total. The van der Waals surface area contributed by atoms with Crippen LogP contribution in [-0.2, 0) is 20.7 Å². The molecule has 0 aromatic carbocycles. The van der Waals surface area contributed by atoms with Gasteiger partial charge in [-0.3, -0.25) is 4.79 Å². The van der Waals surface area contributed by atoms with Gasteiger partial charge in [0.2, 0.25) is 0 Å². The molecule has 5 heteroatoms. The maximum Gasteiger partial charge on any atom is 0.334 e. The monoisotopic (exact) mass is 344 g/mol. The standard InChI is InChI=1S/C20H24O5/c1-12-16(22)9-20-11-25-18(23)15(20)7-14(21)8-17(20)19(12,2)5-3-13-4-6-24-10-13/h4,6-7,10,12,14,17,21H,3,5,8-9,11H2,1-2H3. The number of rotatable bonds is 3. The molecule has 1 aromatic rings. The zero-order valence-corrected chi connectivity index (χ0v) is 14.7. The molecule has 0 bridgehead atoms. The molecule has 0 radical (unpaired) electrons. The molecule has 134 valence electrons. The van der Waals surface area contributed by atoms with Gasteiger partial charge in [-0.1, -0.05) is 13.8 Å². The number of carbonyl (C=O) groups is 2. The van der Waals surface area contributed by atoms with Crippen molar-refractivity contribution in [2.75, 3.05) is 6.61 Å². The Balaban J connectivity index is 1.74. The molecule has 2 heterocycles. The summed E-state index contributed by atoms with van der Waals surface area (Å²) in [5.41, 5.74) is 0.754. The molecule has 2 aliphatic carbocycles. The van der Waals surface area contributed by atoms with Crippen molar-refractivity contribution in [3.8, 4) is 0 Å². The van der Waals surface area contributed by atoms with Gasteiger partial charge in [-0.2, -0.15) is 0 Å². The maximum atomic E-state index is 12.9. The van der Waals surface area contributed by atoms with Crippen LogP contribution in [0.4, 0.5) is 0 Å². The molecular weight excluding hydrogens is 320 g/mol. The first-order valence-electron chi connectivity index (χ1n) is 8.98. The Morgan fingerprint density at radius 3 is 2.88 bits per heavy atom. The number of furan rings is 1. The van der Waals surface area contributed by atoms with Gasteiger partial charge in [-0.15, -0.1) is 0 Å². The Bertz CT molecular complexity index is 733. The highest BCUT2D eigenvalue weighted by molar-refractivity contribution is 5.96. The predicted octanol–water partition coefficient (Wildman–Crippen LogP) is 2.68. The highest BCUT2D eigenvalue weighted by atomic mass is 16.5. The molecule has 25 heavy (non-hydrogen) atoms. The van der Waals surface area contributed by atoms with E-state index in [1.165, 1.54) is 0 Å². The normalized spacial score (nSPS) is 40.3. The van der Waals surface area contributed by atoms with Gasteiger partial charge in [0, 0.05) is 23.3 Å². The second-order valence-electron chi connectivity index (χ2n) is 8.17. The molecule has 1 saturated heterocycles. The Morgan fingerprint density at radius 2 is 2.16 bits per heavy atom. The molecule has 1 aromatic heterocycles. The van der Waals surface area contributed by atoms with Crippen LogP contribution >= 0.6 is 0 Å². The van der Waals surface area contributed by atoms with E-state index in [1.54, 1.807) is 18.6 Å². The molecule has 3 aliphatic rings. The zero-order valence-electron chi connectivity index (χ0n) is 14.7. The molecule has 2 fully saturated rings. The Labute approximate surface area is 147 Å². The van der Waals surface area contributed by atoms with Crippen LogP contribution < -0.4 is 0 Å². The van der Waals surface area contributed by atoms with Crippen LogP contribution in [0.1, 0.15) is 38.7 Å². The van der Waals surface area contributed by atoms with Crippen LogP contribution in [0.3, 0.4) is 0 Å². The number of aliphatic hydroxyl groups is 1.